The Labute approximate surface area is 179 Å². The summed E-state index contributed by atoms with van der Waals surface area (Å²) in [6.07, 6.45) is 3.75. The van der Waals surface area contributed by atoms with Gasteiger partial charge in [-0.1, -0.05) is 11.6 Å². The highest BCUT2D eigenvalue weighted by molar-refractivity contribution is 6.34. The normalized spacial score (nSPS) is 24.4. The smallest absolute Gasteiger partial charge is 0.258 e. The summed E-state index contributed by atoms with van der Waals surface area (Å²) in [5.74, 6) is -0.562. The molecule has 0 bridgehead atoms. The lowest BCUT2D eigenvalue weighted by molar-refractivity contribution is 0.0824. The van der Waals surface area contributed by atoms with E-state index in [4.69, 9.17) is 17.3 Å². The highest BCUT2D eigenvalue weighted by atomic mass is 35.5. The van der Waals surface area contributed by atoms with E-state index in [0.717, 1.165) is 18.4 Å². The van der Waals surface area contributed by atoms with Crippen molar-refractivity contribution in [3.63, 3.8) is 0 Å². The Kier molecular flexibility index (Phi) is 4.66. The molecule has 1 aromatic carbocycles. The minimum Gasteiger partial charge on any atom is -0.398 e. The molecule has 1 spiro atoms. The molecule has 30 heavy (non-hydrogen) atoms. The SMILES string of the molecule is CN(C)C(=O)c1c(N)ccc(-c2cnc3c(c2Cl)C2(CCC(C)(C#N)C2)CN3)c1F. The van der Waals surface area contributed by atoms with Crippen molar-refractivity contribution in [3.8, 4) is 17.2 Å². The van der Waals surface area contributed by atoms with Gasteiger partial charge in [-0.15, -0.1) is 0 Å². The first-order valence-corrected chi connectivity index (χ1v) is 10.1. The van der Waals surface area contributed by atoms with Crippen molar-refractivity contribution in [1.82, 2.24) is 9.88 Å². The molecule has 1 fully saturated rings. The van der Waals surface area contributed by atoms with Crippen LogP contribution in [0.4, 0.5) is 15.9 Å². The Hall–Kier alpha value is -2.85. The van der Waals surface area contributed by atoms with Crippen molar-refractivity contribution in [2.24, 2.45) is 5.41 Å². The molecule has 2 aliphatic rings. The topological polar surface area (TPSA) is 95.0 Å². The summed E-state index contributed by atoms with van der Waals surface area (Å²) in [6.45, 7) is 2.61. The molecule has 1 amide bonds. The van der Waals surface area contributed by atoms with Gasteiger partial charge in [0.1, 0.15) is 11.6 Å². The molecule has 8 heteroatoms. The van der Waals surface area contributed by atoms with E-state index in [2.05, 4.69) is 16.4 Å². The fourth-order valence-corrected chi connectivity index (χ4v) is 5.22. The molecule has 3 N–H and O–H groups in total. The number of hydrogen-bond donors (Lipinski definition) is 2. The Morgan fingerprint density at radius 3 is 2.73 bits per heavy atom. The van der Waals surface area contributed by atoms with Gasteiger partial charge in [-0.2, -0.15) is 5.26 Å². The molecule has 1 saturated carbocycles. The third kappa shape index (κ3) is 2.90. The van der Waals surface area contributed by atoms with Crippen LogP contribution in [0, 0.1) is 22.6 Å². The van der Waals surface area contributed by atoms with Crippen molar-refractivity contribution in [2.75, 3.05) is 31.7 Å². The Morgan fingerprint density at radius 2 is 2.10 bits per heavy atom. The molecule has 4 rings (SSSR count). The van der Waals surface area contributed by atoms with E-state index < -0.39 is 17.1 Å². The number of aromatic nitrogens is 1. The summed E-state index contributed by atoms with van der Waals surface area (Å²) < 4.78 is 15.4. The van der Waals surface area contributed by atoms with E-state index >= 15 is 4.39 Å². The average Bonchev–Trinajstić information content (AvgIpc) is 3.24. The third-order valence-corrected chi connectivity index (χ3v) is 6.77. The molecule has 1 aliphatic heterocycles. The summed E-state index contributed by atoms with van der Waals surface area (Å²) in [6, 6.07) is 5.46. The van der Waals surface area contributed by atoms with Crippen LogP contribution in [0.25, 0.3) is 11.1 Å². The van der Waals surface area contributed by atoms with Crippen molar-refractivity contribution in [3.05, 3.63) is 40.3 Å². The minimum absolute atomic E-state index is 0.0684. The van der Waals surface area contributed by atoms with Crippen LogP contribution in [0.3, 0.4) is 0 Å². The number of fused-ring (bicyclic) bond motifs is 2. The van der Waals surface area contributed by atoms with Crippen molar-refractivity contribution in [2.45, 2.75) is 31.6 Å². The second-order valence-electron chi connectivity index (χ2n) is 8.78. The summed E-state index contributed by atoms with van der Waals surface area (Å²) >= 11 is 6.84. The summed E-state index contributed by atoms with van der Waals surface area (Å²) in [5.41, 5.74) is 6.46. The van der Waals surface area contributed by atoms with E-state index in [1.807, 2.05) is 6.92 Å². The second kappa shape index (κ2) is 6.85. The molecular weight excluding hydrogens is 405 g/mol. The van der Waals surface area contributed by atoms with E-state index in [-0.39, 0.29) is 22.2 Å². The number of hydrogen-bond acceptors (Lipinski definition) is 5. The van der Waals surface area contributed by atoms with E-state index in [1.165, 1.54) is 23.2 Å². The fourth-order valence-electron chi connectivity index (χ4n) is 4.77. The molecular formula is C22H23ClFN5O. The molecule has 2 heterocycles. The Balaban J connectivity index is 1.87. The summed E-state index contributed by atoms with van der Waals surface area (Å²) in [5, 5.41) is 13.3. The summed E-state index contributed by atoms with van der Waals surface area (Å²) in [7, 11) is 3.08. The fraction of sp³-hybridized carbons (Fsp3) is 0.409. The number of halogens is 2. The third-order valence-electron chi connectivity index (χ3n) is 6.38. The standard InChI is InChI=1S/C22H23ClFN5O/c1-21(10-25)6-7-22(9-21)11-28-19-16(22)17(23)13(8-27-19)12-4-5-14(26)15(18(12)24)20(30)29(2)3/h4-5,8H,6-7,9,11,26H2,1-3H3,(H,27,28). The van der Waals surface area contributed by atoms with E-state index in [1.54, 1.807) is 14.1 Å². The van der Waals surface area contributed by atoms with Crippen LogP contribution in [-0.4, -0.2) is 36.4 Å². The maximum absolute atomic E-state index is 15.4. The highest BCUT2D eigenvalue weighted by Gasteiger charge is 2.52. The molecule has 2 aromatic rings. The first kappa shape index (κ1) is 20.4. The summed E-state index contributed by atoms with van der Waals surface area (Å²) in [4.78, 5) is 18.2. The maximum atomic E-state index is 15.4. The van der Waals surface area contributed by atoms with Gasteiger partial charge in [0.25, 0.3) is 5.91 Å². The van der Waals surface area contributed by atoms with Gasteiger partial charge in [0.05, 0.1) is 22.1 Å². The number of benzene rings is 1. The number of carbonyl (C=O) groups is 1. The number of nitrogen functional groups attached to an aromatic ring is 1. The molecule has 0 radical (unpaired) electrons. The molecule has 0 saturated heterocycles. The van der Waals surface area contributed by atoms with Crippen molar-refractivity contribution in [1.29, 1.82) is 5.26 Å². The molecule has 1 aromatic heterocycles. The lowest BCUT2D eigenvalue weighted by Gasteiger charge is -2.26. The predicted octanol–water partition coefficient (Wildman–Crippen LogP) is 4.20. The zero-order valence-electron chi connectivity index (χ0n) is 17.1. The van der Waals surface area contributed by atoms with Gasteiger partial charge in [-0.25, -0.2) is 9.37 Å². The quantitative estimate of drug-likeness (QED) is 0.700. The first-order valence-electron chi connectivity index (χ1n) is 9.76. The van der Waals surface area contributed by atoms with Crippen LogP contribution in [-0.2, 0) is 5.41 Å². The van der Waals surface area contributed by atoms with E-state index in [9.17, 15) is 10.1 Å². The van der Waals surface area contributed by atoms with Crippen molar-refractivity contribution >= 4 is 29.0 Å². The molecule has 2 unspecified atom stereocenters. The Morgan fingerprint density at radius 1 is 1.37 bits per heavy atom. The number of rotatable bonds is 2. The number of anilines is 2. The van der Waals surface area contributed by atoms with Gasteiger partial charge >= 0.3 is 0 Å². The van der Waals surface area contributed by atoms with Gasteiger partial charge < -0.3 is 16.0 Å². The minimum atomic E-state index is -0.717. The van der Waals surface area contributed by atoms with Gasteiger partial charge in [0, 0.05) is 54.6 Å². The van der Waals surface area contributed by atoms with Gasteiger partial charge in [0.2, 0.25) is 0 Å². The van der Waals surface area contributed by atoms with Crippen LogP contribution in [0.15, 0.2) is 18.3 Å². The maximum Gasteiger partial charge on any atom is 0.258 e. The zero-order valence-corrected chi connectivity index (χ0v) is 17.9. The van der Waals surface area contributed by atoms with Crippen LogP contribution < -0.4 is 11.1 Å². The van der Waals surface area contributed by atoms with Crippen LogP contribution in [0.1, 0.15) is 42.1 Å². The number of nitrogens with one attached hydrogen (secondary N) is 1. The number of amides is 1. The largest absolute Gasteiger partial charge is 0.398 e. The van der Waals surface area contributed by atoms with Gasteiger partial charge in [-0.3, -0.25) is 4.79 Å². The van der Waals surface area contributed by atoms with Crippen molar-refractivity contribution < 1.29 is 9.18 Å². The average molecular weight is 428 g/mol. The monoisotopic (exact) mass is 427 g/mol. The number of carbonyl (C=O) groups excluding carboxylic acids is 1. The van der Waals surface area contributed by atoms with Crippen LogP contribution >= 0.6 is 11.6 Å². The van der Waals surface area contributed by atoms with E-state index in [0.29, 0.717) is 29.4 Å². The molecule has 156 valence electrons. The van der Waals surface area contributed by atoms with Gasteiger partial charge in [0.15, 0.2) is 0 Å². The number of nitriles is 1. The lowest BCUT2D eigenvalue weighted by Crippen LogP contribution is -2.27. The molecule has 6 nitrogen and oxygen atoms in total. The predicted molar refractivity (Wildman–Crippen MR) is 115 cm³/mol. The second-order valence-corrected chi connectivity index (χ2v) is 9.16. The Bertz CT molecular complexity index is 1110. The first-order chi connectivity index (χ1) is 14.1. The number of nitrogens with zero attached hydrogens (tertiary/aromatic N) is 3. The van der Waals surface area contributed by atoms with Crippen LogP contribution in [0.2, 0.25) is 5.02 Å². The zero-order chi connectivity index (χ0) is 21.8. The van der Waals surface area contributed by atoms with Crippen LogP contribution in [0.5, 0.6) is 0 Å². The number of nitrogens with two attached hydrogens (primary N) is 1. The molecule has 2 atom stereocenters. The highest BCUT2D eigenvalue weighted by Crippen LogP contribution is 2.57. The lowest BCUT2D eigenvalue weighted by atomic mass is 9.77. The molecule has 1 aliphatic carbocycles. The van der Waals surface area contributed by atoms with Gasteiger partial charge in [-0.05, 0) is 38.3 Å². The number of pyridine rings is 1.